The van der Waals surface area contributed by atoms with Crippen LogP contribution < -0.4 is 5.32 Å². The molecule has 16 heavy (non-hydrogen) atoms. The molecule has 0 amide bonds. The maximum absolute atomic E-state index is 4.30. The van der Waals surface area contributed by atoms with Gasteiger partial charge < -0.3 is 9.88 Å². The van der Waals surface area contributed by atoms with E-state index in [9.17, 15) is 0 Å². The van der Waals surface area contributed by atoms with Crippen LogP contribution in [0.25, 0.3) is 0 Å². The molecule has 1 rings (SSSR count). The number of hydrogen-bond donors (Lipinski definition) is 1. The Labute approximate surface area is 102 Å². The minimum absolute atomic E-state index is 0.494. The Balaban J connectivity index is 2.49. The van der Waals surface area contributed by atoms with E-state index in [2.05, 4.69) is 35.3 Å². The van der Waals surface area contributed by atoms with Crippen LogP contribution >= 0.6 is 11.8 Å². The normalized spacial score (nSPS) is 12.4. The largest absolute Gasteiger partial charge is 0.352 e. The zero-order valence-electron chi connectivity index (χ0n) is 10.1. The van der Waals surface area contributed by atoms with Crippen LogP contribution in [0.2, 0.25) is 0 Å². The lowest BCUT2D eigenvalue weighted by Crippen LogP contribution is -2.11. The summed E-state index contributed by atoms with van der Waals surface area (Å²) in [6.07, 6.45) is 6.90. The van der Waals surface area contributed by atoms with Crippen LogP contribution in [-0.4, -0.2) is 27.6 Å². The molecule has 0 bridgehead atoms. The SMILES string of the molecule is C=CCNc1nccn1C(C)CCSCC. The van der Waals surface area contributed by atoms with Gasteiger partial charge in [-0.15, -0.1) is 6.58 Å². The molecule has 3 nitrogen and oxygen atoms in total. The number of nitrogens with zero attached hydrogens (tertiary/aromatic N) is 2. The van der Waals surface area contributed by atoms with E-state index in [1.165, 1.54) is 17.9 Å². The van der Waals surface area contributed by atoms with Gasteiger partial charge in [0.2, 0.25) is 5.95 Å². The van der Waals surface area contributed by atoms with E-state index in [4.69, 9.17) is 0 Å². The third-order valence-corrected chi connectivity index (χ3v) is 3.36. The lowest BCUT2D eigenvalue weighted by molar-refractivity contribution is 0.540. The summed E-state index contributed by atoms with van der Waals surface area (Å²) in [7, 11) is 0. The zero-order valence-corrected chi connectivity index (χ0v) is 11.0. The highest BCUT2D eigenvalue weighted by atomic mass is 32.2. The van der Waals surface area contributed by atoms with E-state index < -0.39 is 0 Å². The molecule has 0 fully saturated rings. The fourth-order valence-electron chi connectivity index (χ4n) is 1.51. The van der Waals surface area contributed by atoms with Crippen molar-refractivity contribution >= 4 is 17.7 Å². The molecule has 90 valence electrons. The quantitative estimate of drug-likeness (QED) is 0.558. The van der Waals surface area contributed by atoms with Crippen molar-refractivity contribution in [1.82, 2.24) is 9.55 Å². The van der Waals surface area contributed by atoms with E-state index in [1.54, 1.807) is 0 Å². The van der Waals surface area contributed by atoms with Crippen LogP contribution in [0.3, 0.4) is 0 Å². The summed E-state index contributed by atoms with van der Waals surface area (Å²) in [5.74, 6) is 3.34. The van der Waals surface area contributed by atoms with Crippen molar-refractivity contribution in [3.8, 4) is 0 Å². The smallest absolute Gasteiger partial charge is 0.203 e. The van der Waals surface area contributed by atoms with Gasteiger partial charge >= 0.3 is 0 Å². The molecule has 0 saturated heterocycles. The van der Waals surface area contributed by atoms with Gasteiger partial charge in [-0.25, -0.2) is 4.98 Å². The van der Waals surface area contributed by atoms with Crippen molar-refractivity contribution in [2.45, 2.75) is 26.3 Å². The van der Waals surface area contributed by atoms with Crippen molar-refractivity contribution in [3.05, 3.63) is 25.0 Å². The molecule has 1 aromatic rings. The van der Waals surface area contributed by atoms with Crippen LogP contribution in [0.4, 0.5) is 5.95 Å². The van der Waals surface area contributed by atoms with Gasteiger partial charge in [0.05, 0.1) is 0 Å². The van der Waals surface area contributed by atoms with Crippen LogP contribution in [0.5, 0.6) is 0 Å². The van der Waals surface area contributed by atoms with Gasteiger partial charge in [-0.3, -0.25) is 0 Å². The first kappa shape index (κ1) is 13.2. The van der Waals surface area contributed by atoms with Gasteiger partial charge in [0, 0.05) is 25.0 Å². The van der Waals surface area contributed by atoms with Crippen molar-refractivity contribution in [3.63, 3.8) is 0 Å². The van der Waals surface area contributed by atoms with Crippen LogP contribution in [0.15, 0.2) is 25.0 Å². The van der Waals surface area contributed by atoms with E-state index in [1.807, 2.05) is 30.2 Å². The number of anilines is 1. The molecule has 0 aliphatic carbocycles. The molecule has 1 N–H and O–H groups in total. The summed E-state index contributed by atoms with van der Waals surface area (Å²) in [5.41, 5.74) is 0. The topological polar surface area (TPSA) is 29.9 Å². The second-order valence-corrected chi connectivity index (χ2v) is 5.06. The summed E-state index contributed by atoms with van der Waals surface area (Å²) >= 11 is 1.99. The molecule has 0 saturated carbocycles. The Kier molecular flexibility index (Phi) is 6.08. The van der Waals surface area contributed by atoms with Crippen molar-refractivity contribution in [1.29, 1.82) is 0 Å². The summed E-state index contributed by atoms with van der Waals surface area (Å²) in [5, 5.41) is 3.24. The number of aromatic nitrogens is 2. The van der Waals surface area contributed by atoms with E-state index in [0.717, 1.165) is 12.5 Å². The number of hydrogen-bond acceptors (Lipinski definition) is 3. The first-order chi connectivity index (χ1) is 7.79. The second kappa shape index (κ2) is 7.39. The number of imidazole rings is 1. The fraction of sp³-hybridized carbons (Fsp3) is 0.583. The predicted molar refractivity (Wildman–Crippen MR) is 73.2 cm³/mol. The van der Waals surface area contributed by atoms with Gasteiger partial charge in [0.25, 0.3) is 0 Å². The fourth-order valence-corrected chi connectivity index (χ4v) is 2.30. The molecule has 0 aliphatic rings. The maximum atomic E-state index is 4.30. The van der Waals surface area contributed by atoms with E-state index >= 15 is 0 Å². The molecule has 0 radical (unpaired) electrons. The first-order valence-corrected chi connectivity index (χ1v) is 6.90. The number of thioether (sulfide) groups is 1. The van der Waals surface area contributed by atoms with E-state index in [0.29, 0.717) is 6.04 Å². The third-order valence-electron chi connectivity index (χ3n) is 2.43. The molecular formula is C12H21N3S. The van der Waals surface area contributed by atoms with Gasteiger partial charge in [0.1, 0.15) is 0 Å². The molecule has 0 aromatic carbocycles. The first-order valence-electron chi connectivity index (χ1n) is 5.75. The minimum Gasteiger partial charge on any atom is -0.352 e. The third kappa shape index (κ3) is 3.93. The number of rotatable bonds is 8. The lowest BCUT2D eigenvalue weighted by atomic mass is 10.2. The Morgan fingerprint density at radius 3 is 3.19 bits per heavy atom. The highest BCUT2D eigenvalue weighted by Gasteiger charge is 2.08. The summed E-state index contributed by atoms with van der Waals surface area (Å²) in [4.78, 5) is 4.30. The lowest BCUT2D eigenvalue weighted by Gasteiger charge is -2.16. The van der Waals surface area contributed by atoms with Crippen LogP contribution in [-0.2, 0) is 0 Å². The highest BCUT2D eigenvalue weighted by Crippen LogP contribution is 2.18. The van der Waals surface area contributed by atoms with Crippen LogP contribution in [0.1, 0.15) is 26.3 Å². The van der Waals surface area contributed by atoms with Crippen molar-refractivity contribution in [2.24, 2.45) is 0 Å². The Bertz CT molecular complexity index is 309. The molecule has 1 aromatic heterocycles. The summed E-state index contributed by atoms with van der Waals surface area (Å²) in [6.45, 7) is 8.88. The molecule has 4 heteroatoms. The average molecular weight is 239 g/mol. The van der Waals surface area contributed by atoms with Gasteiger partial charge in [0.15, 0.2) is 0 Å². The molecule has 1 unspecified atom stereocenters. The van der Waals surface area contributed by atoms with Gasteiger partial charge in [-0.1, -0.05) is 13.0 Å². The molecular weight excluding hydrogens is 218 g/mol. The summed E-state index contributed by atoms with van der Waals surface area (Å²) < 4.78 is 2.19. The average Bonchev–Trinajstić information content (AvgIpc) is 2.74. The number of nitrogens with one attached hydrogen (secondary N) is 1. The van der Waals surface area contributed by atoms with E-state index in [-0.39, 0.29) is 0 Å². The molecule has 0 aliphatic heterocycles. The highest BCUT2D eigenvalue weighted by molar-refractivity contribution is 7.99. The molecule has 0 spiro atoms. The second-order valence-electron chi connectivity index (χ2n) is 3.66. The summed E-state index contributed by atoms with van der Waals surface area (Å²) in [6, 6.07) is 0.494. The Morgan fingerprint density at radius 2 is 2.50 bits per heavy atom. The van der Waals surface area contributed by atoms with Gasteiger partial charge in [-0.05, 0) is 24.9 Å². The van der Waals surface area contributed by atoms with Crippen molar-refractivity contribution in [2.75, 3.05) is 23.4 Å². The Morgan fingerprint density at radius 1 is 1.69 bits per heavy atom. The minimum atomic E-state index is 0.494. The predicted octanol–water partition coefficient (Wildman–Crippen LogP) is 3.19. The standard InChI is InChI=1S/C12H21N3S/c1-4-7-13-12-14-8-9-15(12)11(3)6-10-16-5-2/h4,8-9,11H,1,5-7,10H2,2-3H3,(H,13,14). The maximum Gasteiger partial charge on any atom is 0.203 e. The Hall–Kier alpha value is -0.900. The van der Waals surface area contributed by atoms with Crippen LogP contribution in [0, 0.1) is 0 Å². The molecule has 1 atom stereocenters. The molecule has 1 heterocycles. The van der Waals surface area contributed by atoms with Crippen molar-refractivity contribution < 1.29 is 0 Å². The van der Waals surface area contributed by atoms with Gasteiger partial charge in [-0.2, -0.15) is 11.8 Å². The zero-order chi connectivity index (χ0) is 11.8. The monoisotopic (exact) mass is 239 g/mol.